The monoisotopic (exact) mass is 272 g/mol. The van der Waals surface area contributed by atoms with Crippen molar-refractivity contribution in [3.63, 3.8) is 0 Å². The van der Waals surface area contributed by atoms with Crippen LogP contribution in [0.25, 0.3) is 0 Å². The number of amides is 1. The van der Waals surface area contributed by atoms with Gasteiger partial charge >= 0.3 is 0 Å². The predicted molar refractivity (Wildman–Crippen MR) is 74.8 cm³/mol. The van der Waals surface area contributed by atoms with Crippen molar-refractivity contribution in [1.82, 2.24) is 10.2 Å². The topological polar surface area (TPSA) is 32.3 Å². The molecule has 0 bridgehead atoms. The average molecular weight is 273 g/mol. The van der Waals surface area contributed by atoms with Gasteiger partial charge in [-0.2, -0.15) is 0 Å². The summed E-state index contributed by atoms with van der Waals surface area (Å²) >= 11 is 0. The number of rotatable bonds is 3. The summed E-state index contributed by atoms with van der Waals surface area (Å²) in [4.78, 5) is 14.8. The van der Waals surface area contributed by atoms with Gasteiger partial charge in [-0.25, -0.2) is 0 Å². The Hall–Kier alpha value is -0.280. The van der Waals surface area contributed by atoms with E-state index in [-0.39, 0.29) is 18.3 Å². The zero-order valence-corrected chi connectivity index (χ0v) is 12.0. The second-order valence-electron chi connectivity index (χ2n) is 6.14. The number of hydrogen-bond donors (Lipinski definition) is 1. The van der Waals surface area contributed by atoms with E-state index in [9.17, 15) is 4.79 Å². The molecule has 2 heterocycles. The van der Waals surface area contributed by atoms with Crippen molar-refractivity contribution >= 4 is 18.3 Å². The molecule has 2 aliphatic heterocycles. The maximum absolute atomic E-state index is 12.5. The van der Waals surface area contributed by atoms with Gasteiger partial charge in [-0.05, 0) is 50.6 Å². The Balaban J connectivity index is 0.00000120. The molecule has 3 aliphatic rings. The highest BCUT2D eigenvalue weighted by atomic mass is 35.5. The van der Waals surface area contributed by atoms with E-state index in [4.69, 9.17) is 0 Å². The van der Waals surface area contributed by atoms with Gasteiger partial charge in [-0.3, -0.25) is 4.79 Å². The summed E-state index contributed by atoms with van der Waals surface area (Å²) in [6.45, 7) is 5.22. The maximum atomic E-state index is 12.5. The normalized spacial score (nSPS) is 30.3. The quantitative estimate of drug-likeness (QED) is 0.853. The molecule has 0 aromatic rings. The van der Waals surface area contributed by atoms with Crippen molar-refractivity contribution in [1.29, 1.82) is 0 Å². The summed E-state index contributed by atoms with van der Waals surface area (Å²) in [6.07, 6.45) is 6.57. The van der Waals surface area contributed by atoms with Gasteiger partial charge in [0, 0.05) is 18.5 Å². The third-order valence-corrected chi connectivity index (χ3v) is 5.19. The van der Waals surface area contributed by atoms with Crippen molar-refractivity contribution in [3.8, 4) is 0 Å². The lowest BCUT2D eigenvalue weighted by molar-refractivity contribution is -0.139. The van der Waals surface area contributed by atoms with Crippen LogP contribution in [-0.2, 0) is 4.79 Å². The average Bonchev–Trinajstić information content (AvgIpc) is 2.60. The second kappa shape index (κ2) is 5.79. The number of nitrogens with zero attached hydrogens (tertiary/aromatic N) is 1. The van der Waals surface area contributed by atoms with Crippen molar-refractivity contribution in [2.24, 2.45) is 17.8 Å². The van der Waals surface area contributed by atoms with Crippen LogP contribution in [0, 0.1) is 17.8 Å². The second-order valence-corrected chi connectivity index (χ2v) is 6.14. The van der Waals surface area contributed by atoms with Gasteiger partial charge < -0.3 is 10.2 Å². The number of likely N-dealkylation sites (tertiary alicyclic amines) is 1. The molecule has 0 spiro atoms. The van der Waals surface area contributed by atoms with Crippen LogP contribution in [0.1, 0.15) is 39.0 Å². The molecule has 2 saturated heterocycles. The summed E-state index contributed by atoms with van der Waals surface area (Å²) < 4.78 is 0. The van der Waals surface area contributed by atoms with Gasteiger partial charge in [0.25, 0.3) is 0 Å². The summed E-state index contributed by atoms with van der Waals surface area (Å²) in [7, 11) is 0. The molecule has 0 aromatic heterocycles. The number of nitrogens with one attached hydrogen (secondary N) is 1. The highest BCUT2D eigenvalue weighted by Crippen LogP contribution is 2.38. The van der Waals surface area contributed by atoms with Crippen LogP contribution in [0.15, 0.2) is 0 Å². The first-order valence-electron chi connectivity index (χ1n) is 7.28. The molecule has 1 amide bonds. The predicted octanol–water partition coefficient (Wildman–Crippen LogP) is 2.05. The molecule has 3 fully saturated rings. The lowest BCUT2D eigenvalue weighted by Crippen LogP contribution is -2.52. The van der Waals surface area contributed by atoms with Crippen LogP contribution in [0.2, 0.25) is 0 Å². The standard InChI is InChI=1S/C14H24N2O.ClH/c1-10(12-8-15-9-12)14(17)16-7-3-6-13(16)11-4-2-5-11;/h10-13,15H,2-9H2,1H3;1H. The first-order chi connectivity index (χ1) is 8.27. The fourth-order valence-electron chi connectivity index (χ4n) is 3.51. The van der Waals surface area contributed by atoms with Gasteiger partial charge in [-0.1, -0.05) is 13.3 Å². The van der Waals surface area contributed by atoms with Crippen LogP contribution in [0.4, 0.5) is 0 Å². The zero-order chi connectivity index (χ0) is 11.8. The fraction of sp³-hybridized carbons (Fsp3) is 0.929. The molecule has 1 saturated carbocycles. The Morgan fingerprint density at radius 3 is 2.44 bits per heavy atom. The molecule has 18 heavy (non-hydrogen) atoms. The van der Waals surface area contributed by atoms with Crippen LogP contribution < -0.4 is 5.32 Å². The molecular weight excluding hydrogens is 248 g/mol. The van der Waals surface area contributed by atoms with Gasteiger partial charge in [0.15, 0.2) is 0 Å². The first-order valence-corrected chi connectivity index (χ1v) is 7.28. The van der Waals surface area contributed by atoms with Gasteiger partial charge in [0.05, 0.1) is 0 Å². The molecule has 0 aromatic carbocycles. The lowest BCUT2D eigenvalue weighted by atomic mass is 9.78. The molecule has 0 radical (unpaired) electrons. The Morgan fingerprint density at radius 1 is 1.22 bits per heavy atom. The van der Waals surface area contributed by atoms with E-state index in [1.807, 2.05) is 0 Å². The Labute approximate surface area is 116 Å². The minimum Gasteiger partial charge on any atom is -0.339 e. The molecule has 4 heteroatoms. The van der Waals surface area contributed by atoms with Crippen molar-refractivity contribution in [2.45, 2.75) is 45.1 Å². The third kappa shape index (κ3) is 2.39. The Morgan fingerprint density at radius 2 is 1.94 bits per heavy atom. The van der Waals surface area contributed by atoms with Crippen LogP contribution in [0.5, 0.6) is 0 Å². The van der Waals surface area contributed by atoms with Crippen molar-refractivity contribution < 1.29 is 4.79 Å². The summed E-state index contributed by atoms with van der Waals surface area (Å²) in [5.41, 5.74) is 0. The van der Waals surface area contributed by atoms with Crippen LogP contribution >= 0.6 is 12.4 Å². The largest absolute Gasteiger partial charge is 0.339 e. The van der Waals surface area contributed by atoms with Gasteiger partial charge in [-0.15, -0.1) is 12.4 Å². The van der Waals surface area contributed by atoms with E-state index in [0.29, 0.717) is 17.9 Å². The molecule has 2 unspecified atom stereocenters. The maximum Gasteiger partial charge on any atom is 0.226 e. The SMILES string of the molecule is CC(C(=O)N1CCCC1C1CCC1)C1CNC1.Cl. The summed E-state index contributed by atoms with van der Waals surface area (Å²) in [6, 6.07) is 0.590. The van der Waals surface area contributed by atoms with E-state index in [1.54, 1.807) is 0 Å². The van der Waals surface area contributed by atoms with E-state index in [0.717, 1.165) is 25.6 Å². The number of hydrogen-bond acceptors (Lipinski definition) is 2. The molecule has 1 N–H and O–H groups in total. The van der Waals surface area contributed by atoms with Crippen molar-refractivity contribution in [3.05, 3.63) is 0 Å². The Bertz CT molecular complexity index is 302. The molecule has 3 nitrogen and oxygen atoms in total. The van der Waals surface area contributed by atoms with E-state index in [2.05, 4.69) is 17.1 Å². The third-order valence-electron chi connectivity index (χ3n) is 5.19. The highest BCUT2D eigenvalue weighted by Gasteiger charge is 2.40. The molecule has 3 rings (SSSR count). The van der Waals surface area contributed by atoms with Crippen LogP contribution in [-0.4, -0.2) is 36.5 Å². The van der Waals surface area contributed by atoms with Gasteiger partial charge in [0.1, 0.15) is 0 Å². The number of halogens is 1. The summed E-state index contributed by atoms with van der Waals surface area (Å²) in [5, 5.41) is 3.27. The summed E-state index contributed by atoms with van der Waals surface area (Å²) in [5.74, 6) is 2.08. The smallest absolute Gasteiger partial charge is 0.226 e. The molecule has 104 valence electrons. The molecule has 2 atom stereocenters. The molecule has 1 aliphatic carbocycles. The highest BCUT2D eigenvalue weighted by molar-refractivity contribution is 5.85. The lowest BCUT2D eigenvalue weighted by Gasteiger charge is -2.40. The number of carbonyl (C=O) groups excluding carboxylic acids is 1. The van der Waals surface area contributed by atoms with E-state index >= 15 is 0 Å². The van der Waals surface area contributed by atoms with Crippen LogP contribution in [0.3, 0.4) is 0 Å². The first kappa shape index (κ1) is 14.1. The Kier molecular flexibility index (Phi) is 4.54. The van der Waals surface area contributed by atoms with Crippen molar-refractivity contribution in [2.75, 3.05) is 19.6 Å². The minimum absolute atomic E-state index is 0. The van der Waals surface area contributed by atoms with E-state index in [1.165, 1.54) is 32.1 Å². The number of carbonyl (C=O) groups is 1. The zero-order valence-electron chi connectivity index (χ0n) is 11.2. The van der Waals surface area contributed by atoms with E-state index < -0.39 is 0 Å². The fourth-order valence-corrected chi connectivity index (χ4v) is 3.51. The molecular formula is C14H25ClN2O. The minimum atomic E-state index is 0. The van der Waals surface area contributed by atoms with Gasteiger partial charge in [0.2, 0.25) is 5.91 Å².